The third kappa shape index (κ3) is 2.60. The van der Waals surface area contributed by atoms with E-state index in [1.165, 1.54) is 0 Å². The number of nitriles is 1. The van der Waals surface area contributed by atoms with Crippen LogP contribution in [0.3, 0.4) is 0 Å². The summed E-state index contributed by atoms with van der Waals surface area (Å²) in [5, 5.41) is 8.79. The maximum Gasteiger partial charge on any atom is 0.416 e. The Bertz CT molecular complexity index is 518. The second-order valence-electron chi connectivity index (χ2n) is 3.36. The maximum atomic E-state index is 12.8. The molecule has 0 atom stereocenters. The first kappa shape index (κ1) is 14.0. The van der Waals surface area contributed by atoms with Gasteiger partial charge in [0.25, 0.3) is 0 Å². The lowest BCUT2D eigenvalue weighted by Gasteiger charge is -2.14. The number of hydrogen-bond donors (Lipinski definition) is 1. The quantitative estimate of drug-likeness (QED) is 0.821. The number of methoxy groups -OCH3 is 1. The Morgan fingerprint density at radius 1 is 1.50 bits per heavy atom. The summed E-state index contributed by atoms with van der Waals surface area (Å²) in [6.45, 7) is -0.445. The van der Waals surface area contributed by atoms with Crippen LogP contribution in [0.4, 0.5) is 13.2 Å². The van der Waals surface area contributed by atoms with E-state index < -0.39 is 24.3 Å². The van der Waals surface area contributed by atoms with Crippen molar-refractivity contribution in [3.05, 3.63) is 34.4 Å². The second kappa shape index (κ2) is 5.06. The Labute approximate surface area is 101 Å². The van der Waals surface area contributed by atoms with Crippen LogP contribution in [-0.4, -0.2) is 13.1 Å². The van der Waals surface area contributed by atoms with E-state index >= 15 is 0 Å². The largest absolute Gasteiger partial charge is 0.465 e. The van der Waals surface area contributed by atoms with Gasteiger partial charge in [-0.2, -0.15) is 18.4 Å². The molecule has 0 aliphatic rings. The molecule has 1 rings (SSSR count). The Morgan fingerprint density at radius 2 is 2.11 bits per heavy atom. The molecule has 96 valence electrons. The lowest BCUT2D eigenvalue weighted by Crippen LogP contribution is -2.16. The highest BCUT2D eigenvalue weighted by Crippen LogP contribution is 2.34. The summed E-state index contributed by atoms with van der Waals surface area (Å²) in [5.74, 6) is -0.944. The molecule has 0 spiro atoms. The predicted octanol–water partition coefficient (Wildman–Crippen LogP) is 1.82. The summed E-state index contributed by atoms with van der Waals surface area (Å²) in [5.41, 5.74) is 3.17. The molecule has 4 nitrogen and oxygen atoms in total. The fourth-order valence-electron chi connectivity index (χ4n) is 1.48. The van der Waals surface area contributed by atoms with E-state index in [4.69, 9.17) is 11.0 Å². The number of nitrogens with zero attached hydrogens (tertiary/aromatic N) is 1. The van der Waals surface area contributed by atoms with Crippen molar-refractivity contribution in [3.8, 4) is 6.07 Å². The first-order valence-corrected chi connectivity index (χ1v) is 4.77. The van der Waals surface area contributed by atoms with E-state index in [-0.39, 0.29) is 16.7 Å². The molecule has 0 aliphatic heterocycles. The molecule has 0 saturated carbocycles. The first-order valence-electron chi connectivity index (χ1n) is 4.77. The van der Waals surface area contributed by atoms with Crippen molar-refractivity contribution < 1.29 is 22.7 Å². The number of hydrogen-bond acceptors (Lipinski definition) is 4. The van der Waals surface area contributed by atoms with Crippen molar-refractivity contribution in [1.29, 1.82) is 5.26 Å². The average molecular weight is 258 g/mol. The Morgan fingerprint density at radius 3 is 2.50 bits per heavy atom. The summed E-state index contributed by atoms with van der Waals surface area (Å²) in [7, 11) is 1.04. The number of esters is 1. The van der Waals surface area contributed by atoms with Gasteiger partial charge in [-0.05, 0) is 17.7 Å². The highest BCUT2D eigenvalue weighted by molar-refractivity contribution is 5.90. The van der Waals surface area contributed by atoms with Gasteiger partial charge in [-0.3, -0.25) is 0 Å². The van der Waals surface area contributed by atoms with Gasteiger partial charge in [0, 0.05) is 6.54 Å². The standard InChI is InChI=1S/C11H9F3N2O2/c1-18-10(17)6-2-7(4-15)8(5-16)9(3-6)11(12,13)14/h2-3H,5,16H2,1H3. The molecule has 0 saturated heterocycles. The average Bonchev–Trinajstić information content (AvgIpc) is 2.34. The van der Waals surface area contributed by atoms with E-state index in [0.29, 0.717) is 6.07 Å². The molecule has 1 aromatic rings. The fraction of sp³-hybridized carbons (Fsp3) is 0.273. The summed E-state index contributed by atoms with van der Waals surface area (Å²) in [6.07, 6.45) is -4.69. The number of ether oxygens (including phenoxy) is 1. The van der Waals surface area contributed by atoms with Crippen molar-refractivity contribution in [2.24, 2.45) is 5.73 Å². The molecule has 2 N–H and O–H groups in total. The summed E-state index contributed by atoms with van der Waals surface area (Å²) >= 11 is 0. The van der Waals surface area contributed by atoms with Crippen LogP contribution < -0.4 is 5.73 Å². The van der Waals surface area contributed by atoms with Gasteiger partial charge in [0.1, 0.15) is 0 Å². The van der Waals surface area contributed by atoms with Crippen LogP contribution in [0.1, 0.15) is 27.0 Å². The minimum absolute atomic E-state index is 0.285. The third-order valence-corrected chi connectivity index (χ3v) is 2.30. The first-order chi connectivity index (χ1) is 8.35. The van der Waals surface area contributed by atoms with Crippen molar-refractivity contribution in [2.75, 3.05) is 7.11 Å². The van der Waals surface area contributed by atoms with Gasteiger partial charge < -0.3 is 10.5 Å². The molecule has 18 heavy (non-hydrogen) atoms. The Kier molecular flexibility index (Phi) is 3.93. The van der Waals surface area contributed by atoms with Crippen LogP contribution in [0, 0.1) is 11.3 Å². The van der Waals surface area contributed by atoms with Gasteiger partial charge in [-0.15, -0.1) is 0 Å². The highest BCUT2D eigenvalue weighted by atomic mass is 19.4. The van der Waals surface area contributed by atoms with E-state index in [1.807, 2.05) is 0 Å². The topological polar surface area (TPSA) is 76.1 Å². The lowest BCUT2D eigenvalue weighted by molar-refractivity contribution is -0.138. The molecule has 0 fully saturated rings. The Balaban J connectivity index is 3.57. The zero-order valence-electron chi connectivity index (χ0n) is 9.34. The summed E-state index contributed by atoms with van der Waals surface area (Å²) in [4.78, 5) is 11.2. The van der Waals surface area contributed by atoms with E-state index in [1.54, 1.807) is 6.07 Å². The number of carbonyl (C=O) groups excluding carboxylic acids is 1. The molecule has 7 heteroatoms. The summed E-state index contributed by atoms with van der Waals surface area (Å²) in [6, 6.07) is 3.26. The van der Waals surface area contributed by atoms with Gasteiger partial charge in [-0.25, -0.2) is 4.79 Å². The Hall–Kier alpha value is -2.07. The van der Waals surface area contributed by atoms with Crippen molar-refractivity contribution in [2.45, 2.75) is 12.7 Å². The minimum atomic E-state index is -4.69. The molecule has 0 amide bonds. The van der Waals surface area contributed by atoms with Gasteiger partial charge in [0.05, 0.1) is 29.9 Å². The van der Waals surface area contributed by atoms with Gasteiger partial charge >= 0.3 is 12.1 Å². The van der Waals surface area contributed by atoms with Gasteiger partial charge in [-0.1, -0.05) is 0 Å². The molecule has 0 unspecified atom stereocenters. The normalized spacial score (nSPS) is 10.9. The van der Waals surface area contributed by atoms with Crippen LogP contribution in [0.15, 0.2) is 12.1 Å². The molecule has 0 radical (unpaired) electrons. The third-order valence-electron chi connectivity index (χ3n) is 2.30. The van der Waals surface area contributed by atoms with Gasteiger partial charge in [0.2, 0.25) is 0 Å². The minimum Gasteiger partial charge on any atom is -0.465 e. The zero-order chi connectivity index (χ0) is 13.9. The molecule has 0 heterocycles. The lowest BCUT2D eigenvalue weighted by atomic mass is 9.97. The van der Waals surface area contributed by atoms with Gasteiger partial charge in [0.15, 0.2) is 0 Å². The SMILES string of the molecule is COC(=O)c1cc(C#N)c(CN)c(C(F)(F)F)c1. The van der Waals surface area contributed by atoms with E-state index in [2.05, 4.69) is 4.74 Å². The molecule has 0 aliphatic carbocycles. The second-order valence-corrected chi connectivity index (χ2v) is 3.36. The number of carbonyl (C=O) groups is 1. The van der Waals surface area contributed by atoms with Crippen molar-refractivity contribution in [1.82, 2.24) is 0 Å². The van der Waals surface area contributed by atoms with Crippen LogP contribution in [0.25, 0.3) is 0 Å². The van der Waals surface area contributed by atoms with E-state index in [9.17, 15) is 18.0 Å². The molecular formula is C11H9F3N2O2. The van der Waals surface area contributed by atoms with E-state index in [0.717, 1.165) is 13.2 Å². The molecule has 1 aromatic carbocycles. The molecule has 0 aromatic heterocycles. The molecular weight excluding hydrogens is 249 g/mol. The fourth-order valence-corrected chi connectivity index (χ4v) is 1.48. The maximum absolute atomic E-state index is 12.8. The predicted molar refractivity (Wildman–Crippen MR) is 55.4 cm³/mol. The van der Waals surface area contributed by atoms with Crippen LogP contribution in [0.2, 0.25) is 0 Å². The van der Waals surface area contributed by atoms with Crippen LogP contribution in [-0.2, 0) is 17.5 Å². The van der Waals surface area contributed by atoms with Crippen molar-refractivity contribution in [3.63, 3.8) is 0 Å². The smallest absolute Gasteiger partial charge is 0.416 e. The van der Waals surface area contributed by atoms with Crippen LogP contribution >= 0.6 is 0 Å². The number of benzene rings is 1. The number of halogens is 3. The number of alkyl halides is 3. The summed E-state index contributed by atoms with van der Waals surface area (Å²) < 4.78 is 42.7. The molecule has 0 bridgehead atoms. The van der Waals surface area contributed by atoms with Crippen LogP contribution in [0.5, 0.6) is 0 Å². The zero-order valence-corrected chi connectivity index (χ0v) is 9.34. The van der Waals surface area contributed by atoms with Crippen molar-refractivity contribution >= 4 is 5.97 Å². The monoisotopic (exact) mass is 258 g/mol. The number of rotatable bonds is 2. The number of nitrogens with two attached hydrogens (primary N) is 1. The highest BCUT2D eigenvalue weighted by Gasteiger charge is 2.35.